The van der Waals surface area contributed by atoms with Crippen LogP contribution in [0.15, 0.2) is 22.7 Å². The van der Waals surface area contributed by atoms with Crippen LogP contribution in [-0.4, -0.2) is 13.1 Å². The van der Waals surface area contributed by atoms with E-state index in [4.69, 9.17) is 0 Å². The molecule has 0 bridgehead atoms. The Morgan fingerprint density at radius 2 is 1.93 bits per heavy atom. The van der Waals surface area contributed by atoms with Crippen molar-refractivity contribution >= 4 is 21.6 Å². The number of benzene rings is 1. The van der Waals surface area contributed by atoms with E-state index in [1.54, 1.807) is 0 Å². The number of nitrogens with zero attached hydrogens (tertiary/aromatic N) is 1. The van der Waals surface area contributed by atoms with E-state index in [1.807, 2.05) is 0 Å². The molecule has 1 aromatic rings. The molecule has 76 valence electrons. The summed E-state index contributed by atoms with van der Waals surface area (Å²) in [6.07, 6.45) is 0. The van der Waals surface area contributed by atoms with Crippen LogP contribution < -0.4 is 4.90 Å². The summed E-state index contributed by atoms with van der Waals surface area (Å²) in [6, 6.07) is 6.49. The van der Waals surface area contributed by atoms with E-state index in [2.05, 4.69) is 59.8 Å². The van der Waals surface area contributed by atoms with Gasteiger partial charge in [-0.15, -0.1) is 0 Å². The van der Waals surface area contributed by atoms with E-state index in [1.165, 1.54) is 28.8 Å². The lowest BCUT2D eigenvalue weighted by Gasteiger charge is -2.48. The molecule has 0 spiro atoms. The fourth-order valence-electron chi connectivity index (χ4n) is 2.08. The van der Waals surface area contributed by atoms with Crippen molar-refractivity contribution in [2.24, 2.45) is 5.41 Å². The predicted octanol–water partition coefficient (Wildman–Crippen LogP) is 3.60. The van der Waals surface area contributed by atoms with Gasteiger partial charge >= 0.3 is 0 Å². The molecule has 0 atom stereocenters. The summed E-state index contributed by atoms with van der Waals surface area (Å²) in [7, 11) is 0. The largest absolute Gasteiger partial charge is 0.370 e. The normalized spacial score (nSPS) is 19.3. The summed E-state index contributed by atoms with van der Waals surface area (Å²) >= 11 is 3.52. The Morgan fingerprint density at radius 1 is 1.29 bits per heavy atom. The second-order valence-electron chi connectivity index (χ2n) is 4.95. The zero-order chi connectivity index (χ0) is 10.3. The number of hydrogen-bond donors (Lipinski definition) is 0. The van der Waals surface area contributed by atoms with Gasteiger partial charge in [-0.1, -0.05) is 35.8 Å². The maximum Gasteiger partial charge on any atom is 0.0407 e. The molecule has 2 rings (SSSR count). The van der Waals surface area contributed by atoms with Crippen molar-refractivity contribution < 1.29 is 0 Å². The fourth-order valence-corrected chi connectivity index (χ4v) is 2.43. The fraction of sp³-hybridized carbons (Fsp3) is 0.500. The molecular weight excluding hydrogens is 238 g/mol. The van der Waals surface area contributed by atoms with Gasteiger partial charge in [0.15, 0.2) is 0 Å². The summed E-state index contributed by atoms with van der Waals surface area (Å²) in [5.41, 5.74) is 3.23. The molecule has 1 aliphatic rings. The summed E-state index contributed by atoms with van der Waals surface area (Å²) in [5.74, 6) is 0. The molecule has 2 heteroatoms. The van der Waals surface area contributed by atoms with E-state index in [9.17, 15) is 0 Å². The molecule has 0 radical (unpaired) electrons. The van der Waals surface area contributed by atoms with Gasteiger partial charge in [0.25, 0.3) is 0 Å². The molecule has 0 saturated carbocycles. The lowest BCUT2D eigenvalue weighted by atomic mass is 9.84. The zero-order valence-corrected chi connectivity index (χ0v) is 10.6. The van der Waals surface area contributed by atoms with Crippen molar-refractivity contribution in [3.63, 3.8) is 0 Å². The third-order valence-electron chi connectivity index (χ3n) is 2.75. The first-order valence-electron chi connectivity index (χ1n) is 4.99. The van der Waals surface area contributed by atoms with Crippen LogP contribution in [-0.2, 0) is 0 Å². The molecule has 0 aromatic heterocycles. The summed E-state index contributed by atoms with van der Waals surface area (Å²) in [4.78, 5) is 2.44. The van der Waals surface area contributed by atoms with Crippen molar-refractivity contribution in [2.45, 2.75) is 20.8 Å². The third-order valence-corrected chi connectivity index (χ3v) is 3.24. The van der Waals surface area contributed by atoms with E-state index in [-0.39, 0.29) is 0 Å². The van der Waals surface area contributed by atoms with Crippen molar-refractivity contribution in [3.05, 3.63) is 28.2 Å². The van der Waals surface area contributed by atoms with Crippen molar-refractivity contribution in [1.82, 2.24) is 0 Å². The first-order valence-corrected chi connectivity index (χ1v) is 5.78. The average Bonchev–Trinajstić information content (AvgIpc) is 2.05. The molecule has 0 aliphatic carbocycles. The van der Waals surface area contributed by atoms with Gasteiger partial charge in [-0.2, -0.15) is 0 Å². The second-order valence-corrected chi connectivity index (χ2v) is 5.87. The van der Waals surface area contributed by atoms with Crippen LogP contribution in [0.4, 0.5) is 5.69 Å². The molecule has 0 N–H and O–H groups in total. The Hall–Kier alpha value is -0.500. The minimum absolute atomic E-state index is 0.495. The highest BCUT2D eigenvalue weighted by atomic mass is 79.9. The molecule has 0 unspecified atom stereocenters. The second kappa shape index (κ2) is 3.27. The summed E-state index contributed by atoms with van der Waals surface area (Å²) in [5, 5.41) is 0. The number of hydrogen-bond acceptors (Lipinski definition) is 1. The maximum absolute atomic E-state index is 3.52. The van der Waals surface area contributed by atoms with Gasteiger partial charge in [0.05, 0.1) is 0 Å². The lowest BCUT2D eigenvalue weighted by Crippen LogP contribution is -2.53. The minimum atomic E-state index is 0.495. The molecule has 1 aromatic carbocycles. The molecule has 1 heterocycles. The maximum atomic E-state index is 3.52. The summed E-state index contributed by atoms with van der Waals surface area (Å²) < 4.78 is 1.17. The van der Waals surface area contributed by atoms with Gasteiger partial charge in [0.1, 0.15) is 0 Å². The third kappa shape index (κ3) is 1.81. The quantitative estimate of drug-likeness (QED) is 0.740. The van der Waals surface area contributed by atoms with Crippen LogP contribution in [0.5, 0.6) is 0 Å². The van der Waals surface area contributed by atoms with Gasteiger partial charge in [0.2, 0.25) is 0 Å². The minimum Gasteiger partial charge on any atom is -0.370 e. The van der Waals surface area contributed by atoms with Gasteiger partial charge in [-0.05, 0) is 30.0 Å². The van der Waals surface area contributed by atoms with Crippen molar-refractivity contribution in [3.8, 4) is 0 Å². The first kappa shape index (κ1) is 10.0. The Bertz CT molecular complexity index is 349. The number of aryl methyl sites for hydroxylation is 1. The summed E-state index contributed by atoms with van der Waals surface area (Å²) in [6.45, 7) is 9.15. The van der Waals surface area contributed by atoms with Crippen molar-refractivity contribution in [2.75, 3.05) is 18.0 Å². The van der Waals surface area contributed by atoms with Gasteiger partial charge < -0.3 is 4.90 Å². The van der Waals surface area contributed by atoms with E-state index in [0.29, 0.717) is 5.41 Å². The molecular formula is C12H16BrN. The highest BCUT2D eigenvalue weighted by Gasteiger charge is 2.34. The monoisotopic (exact) mass is 253 g/mol. The van der Waals surface area contributed by atoms with Crippen LogP contribution in [0.25, 0.3) is 0 Å². The topological polar surface area (TPSA) is 3.24 Å². The van der Waals surface area contributed by atoms with Crippen LogP contribution >= 0.6 is 15.9 Å². The Balaban J connectivity index is 2.22. The predicted molar refractivity (Wildman–Crippen MR) is 64.9 cm³/mol. The number of halogens is 1. The van der Waals surface area contributed by atoms with E-state index >= 15 is 0 Å². The van der Waals surface area contributed by atoms with Gasteiger partial charge in [0, 0.05) is 23.2 Å². The van der Waals surface area contributed by atoms with Gasteiger partial charge in [-0.25, -0.2) is 0 Å². The molecule has 0 amide bonds. The van der Waals surface area contributed by atoms with E-state index in [0.717, 1.165) is 0 Å². The molecule has 1 nitrogen and oxygen atoms in total. The molecule has 1 aliphatic heterocycles. The number of anilines is 1. The molecule has 1 fully saturated rings. The first-order chi connectivity index (χ1) is 6.48. The molecule has 14 heavy (non-hydrogen) atoms. The smallest absolute Gasteiger partial charge is 0.0407 e. The van der Waals surface area contributed by atoms with Crippen LogP contribution in [0.3, 0.4) is 0 Å². The molecule has 1 saturated heterocycles. The standard InChI is InChI=1S/C12H16BrN/c1-9-4-5-10(13)6-11(9)14-7-12(2,3)8-14/h4-6H,7-8H2,1-3H3. The van der Waals surface area contributed by atoms with Gasteiger partial charge in [-0.3, -0.25) is 0 Å². The number of rotatable bonds is 1. The van der Waals surface area contributed by atoms with Crippen LogP contribution in [0, 0.1) is 12.3 Å². The Labute approximate surface area is 94.2 Å². The average molecular weight is 254 g/mol. The van der Waals surface area contributed by atoms with Crippen LogP contribution in [0.2, 0.25) is 0 Å². The van der Waals surface area contributed by atoms with Crippen LogP contribution in [0.1, 0.15) is 19.4 Å². The Kier molecular flexibility index (Phi) is 2.34. The highest BCUT2D eigenvalue weighted by molar-refractivity contribution is 9.10. The Morgan fingerprint density at radius 3 is 2.50 bits per heavy atom. The van der Waals surface area contributed by atoms with E-state index < -0.39 is 0 Å². The zero-order valence-electron chi connectivity index (χ0n) is 8.97. The lowest BCUT2D eigenvalue weighted by molar-refractivity contribution is 0.276. The SMILES string of the molecule is Cc1ccc(Br)cc1N1CC(C)(C)C1. The highest BCUT2D eigenvalue weighted by Crippen LogP contribution is 2.36. The van der Waals surface area contributed by atoms with Crippen molar-refractivity contribution in [1.29, 1.82) is 0 Å².